The fourth-order valence-corrected chi connectivity index (χ4v) is 3.24. The van der Waals surface area contributed by atoms with Crippen molar-refractivity contribution in [2.24, 2.45) is 0 Å². The number of ether oxygens (including phenoxy) is 2. The molecular formula is C22H22N4O3. The fraction of sp³-hybridized carbons (Fsp3) is 0.227. The van der Waals surface area contributed by atoms with E-state index in [1.54, 1.807) is 6.07 Å². The molecule has 2 aromatic carbocycles. The van der Waals surface area contributed by atoms with Crippen LogP contribution in [0.5, 0.6) is 11.5 Å². The Kier molecular flexibility index (Phi) is 5.03. The van der Waals surface area contributed by atoms with Gasteiger partial charge in [-0.05, 0) is 67.8 Å². The molecule has 7 heteroatoms. The molecule has 1 aliphatic rings. The molecule has 0 radical (unpaired) electrons. The Balaban J connectivity index is 1.47. The normalized spacial score (nSPS) is 12.0. The van der Waals surface area contributed by atoms with Gasteiger partial charge in [0.15, 0.2) is 11.5 Å². The lowest BCUT2D eigenvalue weighted by Crippen LogP contribution is -2.24. The van der Waals surface area contributed by atoms with Crippen LogP contribution in [0.4, 0.5) is 11.6 Å². The first-order chi connectivity index (χ1) is 14.0. The molecule has 0 saturated heterocycles. The molecule has 2 N–H and O–H groups in total. The summed E-state index contributed by atoms with van der Waals surface area (Å²) in [6.07, 6.45) is 0. The van der Waals surface area contributed by atoms with Crippen LogP contribution in [0.25, 0.3) is 0 Å². The highest BCUT2D eigenvalue weighted by Crippen LogP contribution is 2.32. The fourth-order valence-electron chi connectivity index (χ4n) is 3.24. The molecule has 1 aliphatic heterocycles. The molecule has 0 fully saturated rings. The molecule has 0 saturated carbocycles. The zero-order valence-corrected chi connectivity index (χ0v) is 16.6. The number of hydrogen-bond donors (Lipinski definition) is 2. The lowest BCUT2D eigenvalue weighted by Gasteiger charge is -2.10. The van der Waals surface area contributed by atoms with Gasteiger partial charge in [-0.2, -0.15) is 0 Å². The summed E-state index contributed by atoms with van der Waals surface area (Å²) >= 11 is 0. The second-order valence-corrected chi connectivity index (χ2v) is 7.09. The van der Waals surface area contributed by atoms with Gasteiger partial charge >= 0.3 is 0 Å². The predicted octanol–water partition coefficient (Wildman–Crippen LogP) is 3.80. The van der Waals surface area contributed by atoms with Crippen LogP contribution >= 0.6 is 0 Å². The van der Waals surface area contributed by atoms with E-state index in [1.807, 2.05) is 51.1 Å². The molecule has 29 heavy (non-hydrogen) atoms. The smallest absolute Gasteiger partial charge is 0.270 e. The van der Waals surface area contributed by atoms with Crippen LogP contribution in [0.15, 0.2) is 42.5 Å². The second kappa shape index (κ2) is 7.79. The van der Waals surface area contributed by atoms with Gasteiger partial charge in [-0.3, -0.25) is 4.79 Å². The van der Waals surface area contributed by atoms with E-state index in [2.05, 4.69) is 26.7 Å². The van der Waals surface area contributed by atoms with E-state index in [0.29, 0.717) is 35.4 Å². The Morgan fingerprint density at radius 2 is 1.72 bits per heavy atom. The van der Waals surface area contributed by atoms with Gasteiger partial charge in [0.05, 0.1) is 0 Å². The van der Waals surface area contributed by atoms with Gasteiger partial charge in [-0.15, -0.1) is 0 Å². The van der Waals surface area contributed by atoms with Crippen LogP contribution in [0.3, 0.4) is 0 Å². The lowest BCUT2D eigenvalue weighted by atomic mass is 10.1. The van der Waals surface area contributed by atoms with Crippen molar-refractivity contribution in [2.45, 2.75) is 27.3 Å². The van der Waals surface area contributed by atoms with Gasteiger partial charge in [0.25, 0.3) is 5.91 Å². The standard InChI is InChI=1S/C22H22N4O3/c1-13-6-14(2)8-17(7-13)25-22-24-15(3)9-18(26-22)21(27)23-11-16-4-5-19-20(10-16)29-12-28-19/h4-10H,11-12H2,1-3H3,(H,23,27)(H,24,25,26). The molecule has 2 heterocycles. The van der Waals surface area contributed by atoms with E-state index in [-0.39, 0.29) is 12.7 Å². The molecule has 0 spiro atoms. The minimum Gasteiger partial charge on any atom is -0.454 e. The zero-order chi connectivity index (χ0) is 20.4. The molecule has 7 nitrogen and oxygen atoms in total. The number of hydrogen-bond acceptors (Lipinski definition) is 6. The number of carbonyl (C=O) groups is 1. The first-order valence-corrected chi connectivity index (χ1v) is 9.34. The molecule has 0 unspecified atom stereocenters. The Bertz CT molecular complexity index is 1060. The largest absolute Gasteiger partial charge is 0.454 e. The van der Waals surface area contributed by atoms with Gasteiger partial charge in [0.2, 0.25) is 12.7 Å². The van der Waals surface area contributed by atoms with Crippen molar-refractivity contribution in [1.82, 2.24) is 15.3 Å². The maximum absolute atomic E-state index is 12.6. The van der Waals surface area contributed by atoms with Gasteiger partial charge in [-0.25, -0.2) is 9.97 Å². The van der Waals surface area contributed by atoms with Crippen molar-refractivity contribution in [2.75, 3.05) is 12.1 Å². The second-order valence-electron chi connectivity index (χ2n) is 7.09. The lowest BCUT2D eigenvalue weighted by molar-refractivity contribution is 0.0945. The van der Waals surface area contributed by atoms with Gasteiger partial charge in [0, 0.05) is 17.9 Å². The maximum atomic E-state index is 12.6. The monoisotopic (exact) mass is 390 g/mol. The van der Waals surface area contributed by atoms with Crippen LogP contribution in [0.1, 0.15) is 32.9 Å². The summed E-state index contributed by atoms with van der Waals surface area (Å²) in [4.78, 5) is 21.4. The third-order valence-electron chi connectivity index (χ3n) is 4.45. The number of anilines is 2. The summed E-state index contributed by atoms with van der Waals surface area (Å²) in [6, 6.07) is 13.4. The van der Waals surface area contributed by atoms with Crippen molar-refractivity contribution < 1.29 is 14.3 Å². The molecule has 0 aliphatic carbocycles. The average Bonchev–Trinajstić information content (AvgIpc) is 3.12. The van der Waals surface area contributed by atoms with E-state index in [0.717, 1.165) is 22.4 Å². The third-order valence-corrected chi connectivity index (χ3v) is 4.45. The van der Waals surface area contributed by atoms with Crippen molar-refractivity contribution in [3.63, 3.8) is 0 Å². The number of fused-ring (bicyclic) bond motifs is 1. The summed E-state index contributed by atoms with van der Waals surface area (Å²) in [5.41, 5.74) is 5.11. The van der Waals surface area contributed by atoms with E-state index < -0.39 is 0 Å². The molecular weight excluding hydrogens is 368 g/mol. The molecule has 148 valence electrons. The highest BCUT2D eigenvalue weighted by molar-refractivity contribution is 5.92. The maximum Gasteiger partial charge on any atom is 0.270 e. The molecule has 1 aromatic heterocycles. The highest BCUT2D eigenvalue weighted by atomic mass is 16.7. The number of carbonyl (C=O) groups excluding carboxylic acids is 1. The zero-order valence-electron chi connectivity index (χ0n) is 16.6. The Hall–Kier alpha value is -3.61. The van der Waals surface area contributed by atoms with Gasteiger partial charge < -0.3 is 20.1 Å². The van der Waals surface area contributed by atoms with E-state index >= 15 is 0 Å². The molecule has 0 bridgehead atoms. The van der Waals surface area contributed by atoms with Gasteiger partial charge in [0.1, 0.15) is 5.69 Å². The molecule has 4 rings (SSSR count). The first kappa shape index (κ1) is 18.7. The Morgan fingerprint density at radius 1 is 0.966 bits per heavy atom. The summed E-state index contributed by atoms with van der Waals surface area (Å²) in [7, 11) is 0. The van der Waals surface area contributed by atoms with Crippen LogP contribution in [-0.2, 0) is 6.54 Å². The predicted molar refractivity (Wildman–Crippen MR) is 110 cm³/mol. The van der Waals surface area contributed by atoms with Crippen LogP contribution in [-0.4, -0.2) is 22.7 Å². The molecule has 3 aromatic rings. The van der Waals surface area contributed by atoms with E-state index in [1.165, 1.54) is 0 Å². The summed E-state index contributed by atoms with van der Waals surface area (Å²) in [6.45, 7) is 6.48. The minimum atomic E-state index is -0.267. The number of nitrogens with one attached hydrogen (secondary N) is 2. The number of nitrogens with zero attached hydrogens (tertiary/aromatic N) is 2. The van der Waals surface area contributed by atoms with Crippen LogP contribution < -0.4 is 20.1 Å². The average molecular weight is 390 g/mol. The van der Waals surface area contributed by atoms with Crippen LogP contribution in [0, 0.1) is 20.8 Å². The molecule has 1 amide bonds. The number of benzene rings is 2. The molecule has 0 atom stereocenters. The number of amides is 1. The summed E-state index contributed by atoms with van der Waals surface area (Å²) in [5, 5.41) is 6.08. The summed E-state index contributed by atoms with van der Waals surface area (Å²) in [5.74, 6) is 1.53. The Morgan fingerprint density at radius 3 is 2.52 bits per heavy atom. The number of rotatable bonds is 5. The van der Waals surface area contributed by atoms with E-state index in [9.17, 15) is 4.79 Å². The quantitative estimate of drug-likeness (QED) is 0.689. The SMILES string of the molecule is Cc1cc(C)cc(Nc2nc(C)cc(C(=O)NCc3ccc4c(c3)OCO4)n2)c1. The number of aryl methyl sites for hydroxylation is 3. The third kappa shape index (κ3) is 4.45. The Labute approximate surface area is 169 Å². The summed E-state index contributed by atoms with van der Waals surface area (Å²) < 4.78 is 10.7. The topological polar surface area (TPSA) is 85.4 Å². The van der Waals surface area contributed by atoms with Crippen molar-refractivity contribution in [3.05, 3.63) is 70.5 Å². The highest BCUT2D eigenvalue weighted by Gasteiger charge is 2.15. The van der Waals surface area contributed by atoms with Crippen molar-refractivity contribution >= 4 is 17.5 Å². The van der Waals surface area contributed by atoms with Gasteiger partial charge in [-0.1, -0.05) is 12.1 Å². The van der Waals surface area contributed by atoms with Crippen LogP contribution in [0.2, 0.25) is 0 Å². The first-order valence-electron chi connectivity index (χ1n) is 9.34. The minimum absolute atomic E-state index is 0.224. The van der Waals surface area contributed by atoms with Crippen molar-refractivity contribution in [1.29, 1.82) is 0 Å². The van der Waals surface area contributed by atoms with Crippen molar-refractivity contribution in [3.8, 4) is 11.5 Å². The van der Waals surface area contributed by atoms with E-state index in [4.69, 9.17) is 9.47 Å². The number of aromatic nitrogens is 2.